The summed E-state index contributed by atoms with van der Waals surface area (Å²) in [6, 6.07) is -0.946. The molecule has 2 aliphatic heterocycles. The molecule has 2 saturated heterocycles. The van der Waals surface area contributed by atoms with Gasteiger partial charge in [-0.3, -0.25) is 4.99 Å². The number of alkyl halides is 3. The first-order valence-electron chi connectivity index (χ1n) is 5.93. The third-order valence-corrected chi connectivity index (χ3v) is 4.12. The lowest BCUT2D eigenvalue weighted by Gasteiger charge is -2.37. The van der Waals surface area contributed by atoms with E-state index >= 15 is 0 Å². The van der Waals surface area contributed by atoms with E-state index in [9.17, 15) is 22.7 Å². The van der Waals surface area contributed by atoms with E-state index in [2.05, 4.69) is 10.3 Å². The summed E-state index contributed by atoms with van der Waals surface area (Å²) in [6.07, 6.45) is -8.20. The van der Waals surface area contributed by atoms with Crippen LogP contribution in [0, 0.1) is 0 Å². The van der Waals surface area contributed by atoms with Crippen molar-refractivity contribution in [2.45, 2.75) is 43.2 Å². The van der Waals surface area contributed by atoms with Crippen LogP contribution in [0.25, 0.3) is 0 Å². The molecule has 5 atom stereocenters. The lowest BCUT2D eigenvalue weighted by atomic mass is 9.99. The van der Waals surface area contributed by atoms with Crippen molar-refractivity contribution in [3.8, 4) is 0 Å². The van der Waals surface area contributed by atoms with Gasteiger partial charge < -0.3 is 15.2 Å². The maximum absolute atomic E-state index is 13.9. The number of nitrogens with zero attached hydrogens (tertiary/aromatic N) is 1. The van der Waals surface area contributed by atoms with E-state index in [1.807, 2.05) is 0 Å². The summed E-state index contributed by atoms with van der Waals surface area (Å²) >= 11 is 0.957. The van der Waals surface area contributed by atoms with Crippen molar-refractivity contribution >= 4 is 16.9 Å². The smallest absolute Gasteiger partial charge is 0.267 e. The summed E-state index contributed by atoms with van der Waals surface area (Å²) in [5.41, 5.74) is -0.515. The van der Waals surface area contributed by atoms with Gasteiger partial charge >= 0.3 is 0 Å². The topological polar surface area (TPSA) is 53.9 Å². The largest absolute Gasteiger partial charge is 0.387 e. The quantitative estimate of drug-likeness (QED) is 0.777. The van der Waals surface area contributed by atoms with Gasteiger partial charge in [0.2, 0.25) is 0 Å². The number of fused-ring (bicyclic) bond motifs is 1. The highest BCUT2D eigenvalue weighted by atomic mass is 32.2. The van der Waals surface area contributed by atoms with Crippen LogP contribution in [0.1, 0.15) is 6.92 Å². The Morgan fingerprint density at radius 1 is 1.60 bits per heavy atom. The number of thioether (sulfide) groups is 1. The van der Waals surface area contributed by atoms with Crippen molar-refractivity contribution in [3.05, 3.63) is 11.9 Å². The minimum Gasteiger partial charge on any atom is -0.387 e. The number of hydrogen-bond donors (Lipinski definition) is 2. The summed E-state index contributed by atoms with van der Waals surface area (Å²) in [5, 5.41) is 12.4. The summed E-state index contributed by atoms with van der Waals surface area (Å²) in [4.78, 5) is 3.99. The number of nitrogens with one attached hydrogen (secondary N) is 1. The molecule has 2 fully saturated rings. The Balaban J connectivity index is 2.06. The van der Waals surface area contributed by atoms with Crippen LogP contribution in [-0.4, -0.2) is 53.1 Å². The predicted octanol–water partition coefficient (Wildman–Crippen LogP) is 1.61. The molecule has 0 saturated carbocycles. The van der Waals surface area contributed by atoms with Crippen LogP contribution in [0.4, 0.5) is 17.6 Å². The molecule has 20 heavy (non-hydrogen) atoms. The van der Waals surface area contributed by atoms with E-state index in [1.54, 1.807) is 0 Å². The molecule has 1 unspecified atom stereocenters. The van der Waals surface area contributed by atoms with E-state index < -0.39 is 36.3 Å². The molecule has 0 aromatic rings. The maximum Gasteiger partial charge on any atom is 0.267 e. The molecular formula is C11H14F4N2O2S. The highest BCUT2D eigenvalue weighted by Gasteiger charge is 2.52. The SMILES string of the molecule is C/C(=C\F)CN=C1N[C@@H]2[C@@H](F)[C@H](O)C(C(F)F)O[C@@H]2S1. The second-order valence-corrected chi connectivity index (χ2v) is 5.69. The van der Waals surface area contributed by atoms with Crippen LogP contribution in [0.15, 0.2) is 16.9 Å². The van der Waals surface area contributed by atoms with Gasteiger partial charge in [-0.05, 0) is 12.5 Å². The van der Waals surface area contributed by atoms with Gasteiger partial charge in [0.25, 0.3) is 6.43 Å². The molecule has 0 amide bonds. The first kappa shape index (κ1) is 15.6. The molecule has 2 aliphatic rings. The number of ether oxygens (including phenoxy) is 1. The number of aliphatic hydroxyl groups is 1. The minimum atomic E-state index is -2.97. The van der Waals surface area contributed by atoms with Gasteiger partial charge in [-0.25, -0.2) is 17.6 Å². The summed E-state index contributed by atoms with van der Waals surface area (Å²) in [5.74, 6) is 0. The van der Waals surface area contributed by atoms with Crippen molar-refractivity contribution in [2.75, 3.05) is 6.54 Å². The summed E-state index contributed by atoms with van der Waals surface area (Å²) in [6.45, 7) is 1.60. The molecule has 2 rings (SSSR count). The third kappa shape index (κ3) is 3.09. The molecule has 0 aromatic carbocycles. The number of hydrogen-bond acceptors (Lipinski definition) is 4. The van der Waals surface area contributed by atoms with Gasteiger partial charge in [0.15, 0.2) is 11.3 Å². The third-order valence-electron chi connectivity index (χ3n) is 3.02. The van der Waals surface area contributed by atoms with E-state index in [0.717, 1.165) is 11.8 Å². The van der Waals surface area contributed by atoms with Crippen molar-refractivity contribution in [2.24, 2.45) is 4.99 Å². The van der Waals surface area contributed by atoms with Crippen molar-refractivity contribution < 1.29 is 27.4 Å². The van der Waals surface area contributed by atoms with Crippen molar-refractivity contribution in [1.82, 2.24) is 5.32 Å². The monoisotopic (exact) mass is 314 g/mol. The lowest BCUT2D eigenvalue weighted by Crippen LogP contribution is -2.58. The van der Waals surface area contributed by atoms with Gasteiger partial charge in [-0.2, -0.15) is 0 Å². The van der Waals surface area contributed by atoms with Crippen LogP contribution in [0.3, 0.4) is 0 Å². The first-order valence-corrected chi connectivity index (χ1v) is 6.81. The van der Waals surface area contributed by atoms with Gasteiger partial charge in [-0.1, -0.05) is 11.8 Å². The molecule has 0 radical (unpaired) electrons. The molecule has 114 valence electrons. The molecular weight excluding hydrogens is 300 g/mol. The number of halogens is 4. The zero-order valence-electron chi connectivity index (χ0n) is 10.5. The Hall–Kier alpha value is -0.800. The summed E-state index contributed by atoms with van der Waals surface area (Å²) in [7, 11) is 0. The van der Waals surface area contributed by atoms with Gasteiger partial charge in [0, 0.05) is 0 Å². The highest BCUT2D eigenvalue weighted by Crippen LogP contribution is 2.36. The van der Waals surface area contributed by atoms with Crippen LogP contribution in [-0.2, 0) is 4.74 Å². The molecule has 9 heteroatoms. The first-order chi connectivity index (χ1) is 9.43. The molecule has 4 nitrogen and oxygen atoms in total. The second-order valence-electron chi connectivity index (χ2n) is 4.60. The van der Waals surface area contributed by atoms with Crippen LogP contribution >= 0.6 is 11.8 Å². The standard InChI is InChI=1S/C11H14F4N2O2S/c1-4(2-12)3-16-11-17-6-5(13)7(18)8(9(14)15)19-10(6)20-11/h2,5-10,18H,3H2,1H3,(H,16,17)/b4-2+/t5-,6-,7+,8?,10-/m1/s1. The molecule has 0 aromatic heterocycles. The number of amidine groups is 1. The number of rotatable bonds is 3. The van der Waals surface area contributed by atoms with Gasteiger partial charge in [0.05, 0.1) is 18.9 Å². The molecule has 0 spiro atoms. The average Bonchev–Trinajstić information content (AvgIpc) is 2.83. The fraction of sp³-hybridized carbons (Fsp3) is 0.727. The van der Waals surface area contributed by atoms with E-state index in [-0.39, 0.29) is 11.7 Å². The Labute approximate surface area is 117 Å². The average molecular weight is 314 g/mol. The molecule has 2 heterocycles. The van der Waals surface area contributed by atoms with E-state index in [4.69, 9.17) is 4.74 Å². The minimum absolute atomic E-state index is 0.0725. The molecule has 0 bridgehead atoms. The predicted molar refractivity (Wildman–Crippen MR) is 67.2 cm³/mol. The second kappa shape index (κ2) is 6.31. The van der Waals surface area contributed by atoms with Crippen LogP contribution in [0.2, 0.25) is 0 Å². The molecule has 2 N–H and O–H groups in total. The zero-order valence-corrected chi connectivity index (χ0v) is 11.3. The van der Waals surface area contributed by atoms with Gasteiger partial charge in [-0.15, -0.1) is 0 Å². The zero-order chi connectivity index (χ0) is 14.9. The number of aliphatic imine (C=N–C) groups is 1. The Bertz CT molecular complexity index is 421. The molecule has 0 aliphatic carbocycles. The Morgan fingerprint density at radius 2 is 2.30 bits per heavy atom. The van der Waals surface area contributed by atoms with Crippen LogP contribution in [0.5, 0.6) is 0 Å². The fourth-order valence-corrected chi connectivity index (χ4v) is 3.03. The van der Waals surface area contributed by atoms with Crippen molar-refractivity contribution in [1.29, 1.82) is 0 Å². The maximum atomic E-state index is 13.9. The van der Waals surface area contributed by atoms with E-state index in [0.29, 0.717) is 11.9 Å². The summed E-state index contributed by atoms with van der Waals surface area (Å²) < 4.78 is 56.3. The Morgan fingerprint density at radius 3 is 2.90 bits per heavy atom. The lowest BCUT2D eigenvalue weighted by molar-refractivity contribution is -0.180. The fourth-order valence-electron chi connectivity index (χ4n) is 1.92. The van der Waals surface area contributed by atoms with Crippen LogP contribution < -0.4 is 5.32 Å². The van der Waals surface area contributed by atoms with E-state index in [1.165, 1.54) is 6.92 Å². The Kier molecular flexibility index (Phi) is 4.92. The normalized spacial score (nSPS) is 40.0. The van der Waals surface area contributed by atoms with Crippen molar-refractivity contribution in [3.63, 3.8) is 0 Å². The number of aliphatic hydroxyl groups excluding tert-OH is 1. The van der Waals surface area contributed by atoms with Gasteiger partial charge in [0.1, 0.15) is 17.6 Å². The highest BCUT2D eigenvalue weighted by molar-refractivity contribution is 8.14.